The maximum Gasteiger partial charge on any atom is 0.257 e. The second-order valence-corrected chi connectivity index (χ2v) is 7.78. The minimum Gasteiger partial charge on any atom is -0.351 e. The Bertz CT molecular complexity index is 687. The van der Waals surface area contributed by atoms with Crippen molar-refractivity contribution < 1.29 is 9.59 Å². The van der Waals surface area contributed by atoms with Crippen LogP contribution < -0.4 is 10.2 Å². The largest absolute Gasteiger partial charge is 0.351 e. The van der Waals surface area contributed by atoms with E-state index in [4.69, 9.17) is 0 Å². The van der Waals surface area contributed by atoms with Gasteiger partial charge in [0.05, 0.1) is 17.3 Å². The van der Waals surface area contributed by atoms with Crippen molar-refractivity contribution in [3.8, 4) is 0 Å². The molecule has 148 valence electrons. The van der Waals surface area contributed by atoms with E-state index in [0.717, 1.165) is 37.6 Å². The summed E-state index contributed by atoms with van der Waals surface area (Å²) in [5.74, 6) is 0.953. The lowest BCUT2D eigenvalue weighted by molar-refractivity contribution is -0.119. The lowest BCUT2D eigenvalue weighted by Crippen LogP contribution is -2.40. The summed E-state index contributed by atoms with van der Waals surface area (Å²) < 4.78 is 0. The van der Waals surface area contributed by atoms with Gasteiger partial charge in [-0.1, -0.05) is 13.3 Å². The van der Waals surface area contributed by atoms with Gasteiger partial charge in [-0.2, -0.15) is 0 Å². The van der Waals surface area contributed by atoms with Crippen LogP contribution in [-0.2, 0) is 4.79 Å². The monoisotopic (exact) mass is 373 g/mol. The van der Waals surface area contributed by atoms with Crippen molar-refractivity contribution in [2.45, 2.75) is 58.9 Å². The predicted octanol–water partition coefficient (Wildman–Crippen LogP) is 2.15. The van der Waals surface area contributed by atoms with Crippen molar-refractivity contribution in [1.82, 2.24) is 20.2 Å². The number of aryl methyl sites for hydroxylation is 1. The van der Waals surface area contributed by atoms with E-state index >= 15 is 0 Å². The summed E-state index contributed by atoms with van der Waals surface area (Å²) in [6, 6.07) is 0.0280. The Hall–Kier alpha value is -2.18. The van der Waals surface area contributed by atoms with Gasteiger partial charge in [0.25, 0.3) is 5.91 Å². The molecule has 1 aromatic heterocycles. The number of nitrogens with one attached hydrogen (secondary N) is 1. The minimum absolute atomic E-state index is 0.0280. The Balaban J connectivity index is 1.72. The predicted molar refractivity (Wildman–Crippen MR) is 105 cm³/mol. The van der Waals surface area contributed by atoms with Crippen molar-refractivity contribution >= 4 is 17.8 Å². The molecule has 2 saturated heterocycles. The Morgan fingerprint density at radius 3 is 2.59 bits per heavy atom. The molecule has 2 unspecified atom stereocenters. The third-order valence-electron chi connectivity index (χ3n) is 5.61. The van der Waals surface area contributed by atoms with Crippen LogP contribution in [0.2, 0.25) is 0 Å². The molecule has 0 radical (unpaired) electrons. The van der Waals surface area contributed by atoms with Crippen LogP contribution in [0.15, 0.2) is 6.20 Å². The van der Waals surface area contributed by atoms with Gasteiger partial charge >= 0.3 is 0 Å². The molecule has 7 heteroatoms. The highest BCUT2D eigenvalue weighted by atomic mass is 16.2. The zero-order valence-corrected chi connectivity index (χ0v) is 16.7. The standard InChI is InChI=1S/C20H31N5O2/c1-4-8-16-12-25(13-18(16)23-15(3)26)19(27)17-11-21-20(22-14(17)2)24-9-6-5-7-10-24/h11,16,18H,4-10,12-13H2,1-3H3,(H,23,26). The quantitative estimate of drug-likeness (QED) is 0.856. The number of hydrogen-bond acceptors (Lipinski definition) is 5. The molecule has 2 aliphatic heterocycles. The highest BCUT2D eigenvalue weighted by molar-refractivity contribution is 5.95. The van der Waals surface area contributed by atoms with Crippen LogP contribution in [0.3, 0.4) is 0 Å². The number of anilines is 1. The van der Waals surface area contributed by atoms with E-state index in [9.17, 15) is 9.59 Å². The molecule has 3 heterocycles. The molecular weight excluding hydrogens is 342 g/mol. The molecule has 2 aliphatic rings. The van der Waals surface area contributed by atoms with Crippen molar-refractivity contribution in [1.29, 1.82) is 0 Å². The highest BCUT2D eigenvalue weighted by Gasteiger charge is 2.36. The lowest BCUT2D eigenvalue weighted by atomic mass is 9.98. The summed E-state index contributed by atoms with van der Waals surface area (Å²) in [6.07, 6.45) is 7.30. The number of aromatic nitrogens is 2. The maximum absolute atomic E-state index is 13.1. The molecule has 3 rings (SSSR count). The molecule has 0 aromatic carbocycles. The van der Waals surface area contributed by atoms with Crippen molar-refractivity contribution in [3.05, 3.63) is 17.5 Å². The van der Waals surface area contributed by atoms with Gasteiger partial charge in [0.2, 0.25) is 11.9 Å². The smallest absolute Gasteiger partial charge is 0.257 e. The van der Waals surface area contributed by atoms with Crippen molar-refractivity contribution in [2.24, 2.45) is 5.92 Å². The van der Waals surface area contributed by atoms with Crippen LogP contribution in [0.25, 0.3) is 0 Å². The van der Waals surface area contributed by atoms with Gasteiger partial charge in [-0.25, -0.2) is 9.97 Å². The molecule has 0 bridgehead atoms. The molecule has 0 aliphatic carbocycles. The zero-order valence-electron chi connectivity index (χ0n) is 16.7. The van der Waals surface area contributed by atoms with Gasteiger partial charge in [-0.05, 0) is 38.5 Å². The molecule has 2 amide bonds. The topological polar surface area (TPSA) is 78.4 Å². The normalized spacial score (nSPS) is 22.8. The van der Waals surface area contributed by atoms with Crippen LogP contribution in [0, 0.1) is 12.8 Å². The van der Waals surface area contributed by atoms with Gasteiger partial charge in [-0.15, -0.1) is 0 Å². The molecule has 7 nitrogen and oxygen atoms in total. The molecule has 0 spiro atoms. The second kappa shape index (κ2) is 8.67. The molecular formula is C20H31N5O2. The Labute approximate surface area is 161 Å². The molecule has 27 heavy (non-hydrogen) atoms. The first kappa shape index (κ1) is 19.6. The maximum atomic E-state index is 13.1. The fraction of sp³-hybridized carbons (Fsp3) is 0.700. The summed E-state index contributed by atoms with van der Waals surface area (Å²) in [5, 5.41) is 3.01. The summed E-state index contributed by atoms with van der Waals surface area (Å²) in [4.78, 5) is 37.7. The number of piperidine rings is 1. The first-order valence-electron chi connectivity index (χ1n) is 10.1. The summed E-state index contributed by atoms with van der Waals surface area (Å²) in [6.45, 7) is 8.73. The molecule has 1 N–H and O–H groups in total. The minimum atomic E-state index is -0.0409. The van der Waals surface area contributed by atoms with E-state index in [0.29, 0.717) is 24.6 Å². The van der Waals surface area contributed by atoms with Gasteiger partial charge in [-0.3, -0.25) is 9.59 Å². The zero-order chi connectivity index (χ0) is 19.4. The van der Waals surface area contributed by atoms with E-state index in [1.54, 1.807) is 6.20 Å². The van der Waals surface area contributed by atoms with Crippen LogP contribution >= 0.6 is 0 Å². The Morgan fingerprint density at radius 1 is 1.22 bits per heavy atom. The average Bonchev–Trinajstić information content (AvgIpc) is 3.04. The van der Waals surface area contributed by atoms with E-state index in [-0.39, 0.29) is 17.9 Å². The molecule has 2 atom stereocenters. The number of carbonyl (C=O) groups is 2. The van der Waals surface area contributed by atoms with Crippen LogP contribution in [0.4, 0.5) is 5.95 Å². The van der Waals surface area contributed by atoms with Gasteiger partial charge < -0.3 is 15.1 Å². The molecule has 2 fully saturated rings. The molecule has 1 aromatic rings. The summed E-state index contributed by atoms with van der Waals surface area (Å²) in [7, 11) is 0. The number of carbonyl (C=O) groups excluding carboxylic acids is 2. The number of amides is 2. The van der Waals surface area contributed by atoms with Gasteiger partial charge in [0.1, 0.15) is 0 Å². The van der Waals surface area contributed by atoms with E-state index in [1.165, 1.54) is 26.2 Å². The number of likely N-dealkylation sites (tertiary alicyclic amines) is 1. The number of rotatable bonds is 5. The van der Waals surface area contributed by atoms with E-state index < -0.39 is 0 Å². The van der Waals surface area contributed by atoms with Crippen molar-refractivity contribution in [2.75, 3.05) is 31.1 Å². The fourth-order valence-electron chi connectivity index (χ4n) is 4.21. The first-order chi connectivity index (χ1) is 13.0. The Morgan fingerprint density at radius 2 is 1.96 bits per heavy atom. The SMILES string of the molecule is CCCC1CN(C(=O)c2cnc(N3CCCCC3)nc2C)CC1NC(C)=O. The first-order valence-corrected chi connectivity index (χ1v) is 10.1. The average molecular weight is 374 g/mol. The Kier molecular flexibility index (Phi) is 6.29. The second-order valence-electron chi connectivity index (χ2n) is 7.78. The summed E-state index contributed by atoms with van der Waals surface area (Å²) >= 11 is 0. The van der Waals surface area contributed by atoms with Gasteiger partial charge in [0, 0.05) is 39.3 Å². The third kappa shape index (κ3) is 4.57. The number of hydrogen-bond donors (Lipinski definition) is 1. The van der Waals surface area contributed by atoms with Crippen molar-refractivity contribution in [3.63, 3.8) is 0 Å². The van der Waals surface area contributed by atoms with E-state index in [2.05, 4.69) is 27.1 Å². The lowest BCUT2D eigenvalue weighted by Gasteiger charge is -2.27. The van der Waals surface area contributed by atoms with Crippen LogP contribution in [0.5, 0.6) is 0 Å². The summed E-state index contributed by atoms with van der Waals surface area (Å²) in [5.41, 5.74) is 1.29. The van der Waals surface area contributed by atoms with Crippen LogP contribution in [-0.4, -0.2) is 58.9 Å². The highest BCUT2D eigenvalue weighted by Crippen LogP contribution is 2.25. The third-order valence-corrected chi connectivity index (χ3v) is 5.61. The fourth-order valence-corrected chi connectivity index (χ4v) is 4.21. The molecule has 0 saturated carbocycles. The van der Waals surface area contributed by atoms with E-state index in [1.807, 2.05) is 11.8 Å². The van der Waals surface area contributed by atoms with Crippen LogP contribution in [0.1, 0.15) is 62.0 Å². The van der Waals surface area contributed by atoms with Gasteiger partial charge in [0.15, 0.2) is 0 Å². The number of nitrogens with zero attached hydrogens (tertiary/aromatic N) is 4.